The van der Waals surface area contributed by atoms with Crippen molar-refractivity contribution in [2.45, 2.75) is 5.03 Å². The van der Waals surface area contributed by atoms with Crippen molar-refractivity contribution in [3.63, 3.8) is 0 Å². The molecule has 0 bridgehead atoms. The van der Waals surface area contributed by atoms with Gasteiger partial charge in [-0.1, -0.05) is 11.6 Å². The van der Waals surface area contributed by atoms with Gasteiger partial charge in [-0.2, -0.15) is 8.42 Å². The summed E-state index contributed by atoms with van der Waals surface area (Å²) < 4.78 is 52.2. The summed E-state index contributed by atoms with van der Waals surface area (Å²) in [4.78, 5) is 3.44. The lowest BCUT2D eigenvalue weighted by Gasteiger charge is -2.08. The highest BCUT2D eigenvalue weighted by Crippen LogP contribution is 2.21. The first-order valence-electron chi connectivity index (χ1n) is 4.98. The summed E-state index contributed by atoms with van der Waals surface area (Å²) in [5.74, 6) is -1.78. The van der Waals surface area contributed by atoms with Crippen LogP contribution in [0.1, 0.15) is 0 Å². The Morgan fingerprint density at radius 2 is 1.89 bits per heavy atom. The smallest absolute Gasteiger partial charge is 0.278 e. The van der Waals surface area contributed by atoms with Gasteiger partial charge in [-0.25, -0.2) is 13.8 Å². The lowest BCUT2D eigenvalue weighted by atomic mass is 10.3. The summed E-state index contributed by atoms with van der Waals surface area (Å²) >= 11 is 5.47. The van der Waals surface area contributed by atoms with E-state index in [2.05, 4.69) is 4.98 Å². The van der Waals surface area contributed by atoms with Crippen LogP contribution in [0, 0.1) is 11.6 Å². The molecule has 8 heteroatoms. The summed E-state index contributed by atoms with van der Waals surface area (Å²) in [6, 6.07) is 5.55. The molecule has 100 valence electrons. The molecule has 1 aromatic carbocycles. The van der Waals surface area contributed by atoms with E-state index in [0.717, 1.165) is 18.3 Å². The molecule has 1 heterocycles. The van der Waals surface area contributed by atoms with E-state index in [1.165, 1.54) is 18.2 Å². The first-order valence-corrected chi connectivity index (χ1v) is 6.84. The third-order valence-electron chi connectivity index (χ3n) is 2.15. The fraction of sp³-hybridized carbons (Fsp3) is 0. The van der Waals surface area contributed by atoms with Crippen molar-refractivity contribution in [1.82, 2.24) is 4.98 Å². The van der Waals surface area contributed by atoms with Crippen LogP contribution in [0.2, 0.25) is 5.02 Å². The van der Waals surface area contributed by atoms with E-state index in [0.29, 0.717) is 0 Å². The van der Waals surface area contributed by atoms with E-state index in [1.54, 1.807) is 0 Å². The van der Waals surface area contributed by atoms with Crippen LogP contribution in [-0.2, 0) is 10.0 Å². The number of anilines is 1. The molecule has 0 radical (unpaired) electrons. The Bertz CT molecular complexity index is 722. The number of nitrogens with zero attached hydrogens (tertiary/aromatic N) is 1. The van der Waals surface area contributed by atoms with Crippen LogP contribution in [0.25, 0.3) is 0 Å². The number of halogens is 3. The SMILES string of the molecule is O=S(=O)(Nc1ccc(Cl)c(F)c1)c1ncccc1F. The van der Waals surface area contributed by atoms with Crippen molar-refractivity contribution < 1.29 is 17.2 Å². The van der Waals surface area contributed by atoms with E-state index >= 15 is 0 Å². The van der Waals surface area contributed by atoms with Gasteiger partial charge in [0, 0.05) is 6.20 Å². The average Bonchev–Trinajstić information content (AvgIpc) is 2.34. The first-order chi connectivity index (χ1) is 8.90. The van der Waals surface area contributed by atoms with E-state index in [4.69, 9.17) is 11.6 Å². The molecule has 0 fully saturated rings. The van der Waals surface area contributed by atoms with Crippen LogP contribution in [0.5, 0.6) is 0 Å². The first kappa shape index (κ1) is 13.7. The van der Waals surface area contributed by atoms with Crippen molar-refractivity contribution in [1.29, 1.82) is 0 Å². The number of pyridine rings is 1. The molecule has 1 N–H and O–H groups in total. The number of sulfonamides is 1. The lowest BCUT2D eigenvalue weighted by molar-refractivity contribution is 0.557. The number of benzene rings is 1. The second kappa shape index (κ2) is 5.10. The molecule has 2 rings (SSSR count). The second-order valence-electron chi connectivity index (χ2n) is 3.52. The summed E-state index contributed by atoms with van der Waals surface area (Å²) in [6.45, 7) is 0. The summed E-state index contributed by atoms with van der Waals surface area (Å²) in [6.07, 6.45) is 1.14. The maximum absolute atomic E-state index is 13.4. The Hall–Kier alpha value is -1.73. The Kier molecular flexibility index (Phi) is 3.68. The topological polar surface area (TPSA) is 59.1 Å². The molecular formula is C11H7ClF2N2O2S. The molecule has 0 spiro atoms. The van der Waals surface area contributed by atoms with Gasteiger partial charge < -0.3 is 0 Å². The Labute approximate surface area is 113 Å². The summed E-state index contributed by atoms with van der Waals surface area (Å²) in [5, 5.41) is -0.905. The minimum absolute atomic E-state index is 0.0769. The number of hydrogen-bond acceptors (Lipinski definition) is 3. The molecule has 1 aromatic heterocycles. The molecule has 0 aliphatic heterocycles. The largest absolute Gasteiger partial charge is 0.282 e. The van der Waals surface area contributed by atoms with Crippen LogP contribution >= 0.6 is 11.6 Å². The highest BCUT2D eigenvalue weighted by Gasteiger charge is 2.20. The third kappa shape index (κ3) is 2.99. The molecule has 4 nitrogen and oxygen atoms in total. The predicted molar refractivity (Wildman–Crippen MR) is 66.4 cm³/mol. The average molecular weight is 305 g/mol. The van der Waals surface area contributed by atoms with Gasteiger partial charge in [0.05, 0.1) is 10.7 Å². The number of nitrogens with one attached hydrogen (secondary N) is 1. The molecule has 0 saturated heterocycles. The third-order valence-corrected chi connectivity index (χ3v) is 3.77. The fourth-order valence-electron chi connectivity index (χ4n) is 1.33. The minimum Gasteiger partial charge on any atom is -0.278 e. The van der Waals surface area contributed by atoms with E-state index in [-0.39, 0.29) is 10.7 Å². The van der Waals surface area contributed by atoms with Crippen LogP contribution in [-0.4, -0.2) is 13.4 Å². The molecule has 2 aromatic rings. The van der Waals surface area contributed by atoms with Gasteiger partial charge in [0.15, 0.2) is 5.82 Å². The number of aromatic nitrogens is 1. The zero-order valence-corrected chi connectivity index (χ0v) is 10.8. The summed E-state index contributed by atoms with van der Waals surface area (Å²) in [7, 11) is -4.22. The van der Waals surface area contributed by atoms with Gasteiger partial charge in [-0.3, -0.25) is 4.72 Å². The van der Waals surface area contributed by atoms with Gasteiger partial charge in [0.2, 0.25) is 5.03 Å². The molecule has 0 saturated carbocycles. The van der Waals surface area contributed by atoms with E-state index in [9.17, 15) is 17.2 Å². The maximum atomic E-state index is 13.4. The van der Waals surface area contributed by atoms with Crippen molar-refractivity contribution in [2.24, 2.45) is 0 Å². The predicted octanol–water partition coefficient (Wildman–Crippen LogP) is 2.81. The normalized spacial score (nSPS) is 11.3. The van der Waals surface area contributed by atoms with Crippen molar-refractivity contribution >= 4 is 27.3 Å². The zero-order valence-electron chi connectivity index (χ0n) is 9.27. The lowest BCUT2D eigenvalue weighted by Crippen LogP contribution is -2.16. The molecular weight excluding hydrogens is 298 g/mol. The van der Waals surface area contributed by atoms with Crippen LogP contribution in [0.4, 0.5) is 14.5 Å². The quantitative estimate of drug-likeness (QED) is 0.948. The van der Waals surface area contributed by atoms with Crippen LogP contribution < -0.4 is 4.72 Å². The second-order valence-corrected chi connectivity index (χ2v) is 5.53. The Morgan fingerprint density at radius 3 is 2.53 bits per heavy atom. The van der Waals surface area contributed by atoms with Crippen molar-refractivity contribution in [3.05, 3.63) is 53.2 Å². The highest BCUT2D eigenvalue weighted by molar-refractivity contribution is 7.92. The minimum atomic E-state index is -4.22. The van der Waals surface area contributed by atoms with Gasteiger partial charge in [0.1, 0.15) is 5.82 Å². The molecule has 0 amide bonds. The molecule has 19 heavy (non-hydrogen) atoms. The van der Waals surface area contributed by atoms with E-state index in [1.807, 2.05) is 4.72 Å². The highest BCUT2D eigenvalue weighted by atomic mass is 35.5. The molecule has 0 unspecified atom stereocenters. The van der Waals surface area contributed by atoms with Gasteiger partial charge in [0.25, 0.3) is 10.0 Å². The van der Waals surface area contributed by atoms with Crippen LogP contribution in [0.15, 0.2) is 41.6 Å². The number of hydrogen-bond donors (Lipinski definition) is 1. The van der Waals surface area contributed by atoms with Crippen molar-refractivity contribution in [2.75, 3.05) is 4.72 Å². The monoisotopic (exact) mass is 304 g/mol. The Balaban J connectivity index is 2.37. The van der Waals surface area contributed by atoms with Gasteiger partial charge in [-0.05, 0) is 30.3 Å². The van der Waals surface area contributed by atoms with Crippen LogP contribution in [0.3, 0.4) is 0 Å². The van der Waals surface area contributed by atoms with Gasteiger partial charge >= 0.3 is 0 Å². The fourth-order valence-corrected chi connectivity index (χ4v) is 2.51. The molecule has 0 aliphatic rings. The molecule has 0 atom stereocenters. The van der Waals surface area contributed by atoms with Crippen molar-refractivity contribution in [3.8, 4) is 0 Å². The maximum Gasteiger partial charge on any atom is 0.282 e. The van der Waals surface area contributed by atoms with Gasteiger partial charge in [-0.15, -0.1) is 0 Å². The summed E-state index contributed by atoms with van der Waals surface area (Å²) in [5.41, 5.74) is -0.0769. The van der Waals surface area contributed by atoms with E-state index < -0.39 is 26.7 Å². The molecule has 0 aliphatic carbocycles. The Morgan fingerprint density at radius 1 is 1.16 bits per heavy atom. The number of rotatable bonds is 3. The zero-order chi connectivity index (χ0) is 14.0. The standard InChI is InChI=1S/C11H7ClF2N2O2S/c12-8-4-3-7(6-10(8)14)16-19(17,18)11-9(13)2-1-5-15-11/h1-6,16H.